The zero-order valence-electron chi connectivity index (χ0n) is 18.5. The van der Waals surface area contributed by atoms with Crippen molar-refractivity contribution in [1.29, 1.82) is 0 Å². The first-order valence-electron chi connectivity index (χ1n) is 10.4. The Kier molecular flexibility index (Phi) is 5.91. The molecule has 0 bridgehead atoms. The summed E-state index contributed by atoms with van der Waals surface area (Å²) in [5.74, 6) is -0.580. The van der Waals surface area contributed by atoms with Crippen molar-refractivity contribution in [3.8, 4) is 11.1 Å². The van der Waals surface area contributed by atoms with Crippen molar-refractivity contribution >= 4 is 11.8 Å². The molecule has 2 aromatic carbocycles. The molecule has 0 fully saturated rings. The molecule has 1 aliphatic rings. The van der Waals surface area contributed by atoms with Gasteiger partial charge in [0.2, 0.25) is 0 Å². The Morgan fingerprint density at radius 1 is 1.09 bits per heavy atom. The number of ketones is 1. The third-order valence-electron chi connectivity index (χ3n) is 5.77. The van der Waals surface area contributed by atoms with Crippen molar-refractivity contribution in [1.82, 2.24) is 20.0 Å². The third-order valence-corrected chi connectivity index (χ3v) is 5.77. The quantitative estimate of drug-likeness (QED) is 0.652. The number of aromatic nitrogens is 2. The number of hydrogen-bond acceptors (Lipinski definition) is 4. The Hall–Kier alpha value is -4.07. The SMILES string of the molecule is Cc1ccc(-c2ccnn(C)c2=O)cc1CC(=O)C1=CN(C)C(=O)N[C@H]1c1ccc(F)cc1. The fourth-order valence-corrected chi connectivity index (χ4v) is 3.83. The molecule has 0 unspecified atom stereocenters. The minimum absolute atomic E-state index is 0.0817. The van der Waals surface area contributed by atoms with Crippen LogP contribution in [0.15, 0.2) is 71.3 Å². The fraction of sp³-hybridized carbons (Fsp3) is 0.200. The Labute approximate surface area is 190 Å². The average Bonchev–Trinajstić information content (AvgIpc) is 2.79. The average molecular weight is 446 g/mol. The maximum absolute atomic E-state index is 13.4. The summed E-state index contributed by atoms with van der Waals surface area (Å²) < 4.78 is 14.7. The zero-order valence-corrected chi connectivity index (χ0v) is 18.5. The molecule has 0 radical (unpaired) electrons. The highest BCUT2D eigenvalue weighted by Gasteiger charge is 2.30. The first kappa shape index (κ1) is 22.1. The van der Waals surface area contributed by atoms with Crippen LogP contribution in [-0.4, -0.2) is 33.5 Å². The van der Waals surface area contributed by atoms with Crippen LogP contribution in [0.2, 0.25) is 0 Å². The number of Topliss-reactive ketones (excluding diaryl/α,β-unsaturated/α-hetero) is 1. The number of hydrogen-bond donors (Lipinski definition) is 1. The summed E-state index contributed by atoms with van der Waals surface area (Å²) >= 11 is 0. The van der Waals surface area contributed by atoms with E-state index in [0.29, 0.717) is 22.3 Å². The largest absolute Gasteiger partial charge is 0.327 e. The Morgan fingerprint density at radius 2 is 1.82 bits per heavy atom. The van der Waals surface area contributed by atoms with E-state index in [-0.39, 0.29) is 23.8 Å². The predicted molar refractivity (Wildman–Crippen MR) is 122 cm³/mol. The normalized spacial score (nSPS) is 15.8. The summed E-state index contributed by atoms with van der Waals surface area (Å²) in [4.78, 5) is 39.4. The molecular weight excluding hydrogens is 423 g/mol. The predicted octanol–water partition coefficient (Wildman–Crippen LogP) is 3.29. The van der Waals surface area contributed by atoms with Crippen molar-refractivity contribution in [2.24, 2.45) is 7.05 Å². The number of urea groups is 1. The number of halogens is 1. The van der Waals surface area contributed by atoms with Gasteiger partial charge in [-0.15, -0.1) is 0 Å². The molecule has 0 spiro atoms. The molecule has 168 valence electrons. The maximum atomic E-state index is 13.4. The van der Waals surface area contributed by atoms with E-state index in [0.717, 1.165) is 11.1 Å². The van der Waals surface area contributed by atoms with Crippen LogP contribution in [0, 0.1) is 12.7 Å². The van der Waals surface area contributed by atoms with E-state index in [1.807, 2.05) is 25.1 Å². The van der Waals surface area contributed by atoms with Crippen molar-refractivity contribution < 1.29 is 14.0 Å². The van der Waals surface area contributed by atoms with E-state index in [9.17, 15) is 18.8 Å². The molecule has 8 heteroatoms. The van der Waals surface area contributed by atoms with Gasteiger partial charge in [-0.25, -0.2) is 13.9 Å². The number of amides is 2. The number of nitrogens with one attached hydrogen (secondary N) is 1. The molecule has 1 N–H and O–H groups in total. The monoisotopic (exact) mass is 446 g/mol. The highest BCUT2D eigenvalue weighted by molar-refractivity contribution is 6.00. The van der Waals surface area contributed by atoms with Gasteiger partial charge in [0.25, 0.3) is 5.56 Å². The van der Waals surface area contributed by atoms with Crippen LogP contribution in [0.25, 0.3) is 11.1 Å². The zero-order chi connectivity index (χ0) is 23.7. The standard InChI is InChI=1S/C25H23FN4O3/c1-15-4-5-17(20-10-11-27-30(3)24(20)32)12-18(15)13-22(31)21-14-29(2)25(33)28-23(21)16-6-8-19(26)9-7-16/h4-12,14,23H,13H2,1-3H3,(H,28,33)/t23-/m0/s1. The van der Waals surface area contributed by atoms with Gasteiger partial charge >= 0.3 is 6.03 Å². The third kappa shape index (κ3) is 4.45. The smallest absolute Gasteiger partial charge is 0.321 e. The van der Waals surface area contributed by atoms with E-state index in [1.165, 1.54) is 27.9 Å². The second-order valence-electron chi connectivity index (χ2n) is 8.04. The van der Waals surface area contributed by atoms with Gasteiger partial charge in [0.05, 0.1) is 11.6 Å². The number of carbonyl (C=O) groups excluding carboxylic acids is 2. The molecule has 1 aliphatic heterocycles. The van der Waals surface area contributed by atoms with Crippen molar-refractivity contribution in [3.05, 3.63) is 99.4 Å². The first-order valence-corrected chi connectivity index (χ1v) is 10.4. The second kappa shape index (κ2) is 8.82. The van der Waals surface area contributed by atoms with Crippen LogP contribution in [0.1, 0.15) is 22.7 Å². The maximum Gasteiger partial charge on any atom is 0.321 e. The number of rotatable bonds is 5. The van der Waals surface area contributed by atoms with E-state index in [4.69, 9.17) is 0 Å². The highest BCUT2D eigenvalue weighted by atomic mass is 19.1. The van der Waals surface area contributed by atoms with E-state index >= 15 is 0 Å². The molecule has 1 atom stereocenters. The topological polar surface area (TPSA) is 84.3 Å². The second-order valence-corrected chi connectivity index (χ2v) is 8.04. The highest BCUT2D eigenvalue weighted by Crippen LogP contribution is 2.28. The number of nitrogens with zero attached hydrogens (tertiary/aromatic N) is 3. The first-order chi connectivity index (χ1) is 15.7. The molecule has 0 saturated heterocycles. The van der Waals surface area contributed by atoms with Gasteiger partial charge in [0.1, 0.15) is 5.82 Å². The van der Waals surface area contributed by atoms with Crippen LogP contribution in [0.4, 0.5) is 9.18 Å². The lowest BCUT2D eigenvalue weighted by atomic mass is 9.90. The number of aryl methyl sites for hydroxylation is 2. The summed E-state index contributed by atoms with van der Waals surface area (Å²) in [5.41, 5.74) is 3.66. The molecule has 2 amide bonds. The molecular formula is C25H23FN4O3. The van der Waals surface area contributed by atoms with Gasteiger partial charge < -0.3 is 10.2 Å². The lowest BCUT2D eigenvalue weighted by molar-refractivity contribution is -0.115. The minimum Gasteiger partial charge on any atom is -0.327 e. The number of carbonyl (C=O) groups is 2. The Morgan fingerprint density at radius 3 is 2.55 bits per heavy atom. The lowest BCUT2D eigenvalue weighted by Crippen LogP contribution is -2.43. The summed E-state index contributed by atoms with van der Waals surface area (Å²) in [7, 11) is 3.15. The van der Waals surface area contributed by atoms with Crippen LogP contribution >= 0.6 is 0 Å². The Balaban J connectivity index is 1.68. The molecule has 0 aliphatic carbocycles. The van der Waals surface area contributed by atoms with Gasteiger partial charge in [-0.2, -0.15) is 5.10 Å². The molecule has 3 aromatic rings. The van der Waals surface area contributed by atoms with E-state index < -0.39 is 11.9 Å². The molecule has 0 saturated carbocycles. The number of benzene rings is 2. The summed E-state index contributed by atoms with van der Waals surface area (Å²) in [6.45, 7) is 1.90. The van der Waals surface area contributed by atoms with Crippen LogP contribution in [0.3, 0.4) is 0 Å². The van der Waals surface area contributed by atoms with Gasteiger partial charge in [0, 0.05) is 38.5 Å². The van der Waals surface area contributed by atoms with Gasteiger partial charge in [-0.3, -0.25) is 9.59 Å². The summed E-state index contributed by atoms with van der Waals surface area (Å²) in [5, 5.41) is 6.76. The van der Waals surface area contributed by atoms with Gasteiger partial charge in [0.15, 0.2) is 5.78 Å². The van der Waals surface area contributed by atoms with Gasteiger partial charge in [-0.05, 0) is 47.4 Å². The van der Waals surface area contributed by atoms with Crippen molar-refractivity contribution in [2.75, 3.05) is 7.05 Å². The van der Waals surface area contributed by atoms with Crippen LogP contribution in [-0.2, 0) is 18.3 Å². The van der Waals surface area contributed by atoms with Crippen molar-refractivity contribution in [2.45, 2.75) is 19.4 Å². The summed E-state index contributed by atoms with van der Waals surface area (Å²) in [6.07, 6.45) is 3.16. The minimum atomic E-state index is -0.683. The van der Waals surface area contributed by atoms with Gasteiger partial charge in [-0.1, -0.05) is 30.3 Å². The molecule has 7 nitrogen and oxygen atoms in total. The van der Waals surface area contributed by atoms with Crippen LogP contribution < -0.4 is 10.9 Å². The van der Waals surface area contributed by atoms with Crippen LogP contribution in [0.5, 0.6) is 0 Å². The molecule has 2 heterocycles. The van der Waals surface area contributed by atoms with E-state index in [1.54, 1.807) is 38.5 Å². The molecule has 4 rings (SSSR count). The van der Waals surface area contributed by atoms with E-state index in [2.05, 4.69) is 10.4 Å². The summed E-state index contributed by atoms with van der Waals surface area (Å²) in [6, 6.07) is 11.9. The molecule has 1 aromatic heterocycles. The lowest BCUT2D eigenvalue weighted by Gasteiger charge is -2.30. The van der Waals surface area contributed by atoms with Crippen molar-refractivity contribution in [3.63, 3.8) is 0 Å². The Bertz CT molecular complexity index is 1330. The fourth-order valence-electron chi connectivity index (χ4n) is 3.83. The molecule has 33 heavy (non-hydrogen) atoms.